The van der Waals surface area contributed by atoms with Crippen molar-refractivity contribution in [3.05, 3.63) is 5.69 Å². The summed E-state index contributed by atoms with van der Waals surface area (Å²) in [5.41, 5.74) is 0.906. The Kier molecular flexibility index (Phi) is 4.92. The number of likely N-dealkylation sites (tertiary alicyclic amines) is 1. The van der Waals surface area contributed by atoms with Crippen LogP contribution in [0.15, 0.2) is 0 Å². The number of nitrogens with zero attached hydrogens (tertiary/aromatic N) is 3. The van der Waals surface area contributed by atoms with E-state index in [4.69, 9.17) is 0 Å². The van der Waals surface area contributed by atoms with Crippen LogP contribution in [-0.2, 0) is 11.3 Å². The van der Waals surface area contributed by atoms with Crippen molar-refractivity contribution < 1.29 is 4.79 Å². The molecule has 1 aliphatic heterocycles. The molecule has 0 saturated carbocycles. The van der Waals surface area contributed by atoms with Crippen LogP contribution in [-0.4, -0.2) is 33.5 Å². The molecule has 6 heteroatoms. The molecule has 1 aliphatic rings. The molecular weight excluding hydrogens is 248 g/mol. The molecule has 1 N–H and O–H groups in total. The predicted octanol–water partition coefficient (Wildman–Crippen LogP) is 2.26. The maximum absolute atomic E-state index is 11.9. The van der Waals surface area contributed by atoms with Gasteiger partial charge in [-0.1, -0.05) is 17.8 Å². The summed E-state index contributed by atoms with van der Waals surface area (Å²) >= 11 is 1.37. The van der Waals surface area contributed by atoms with Gasteiger partial charge in [-0.05, 0) is 19.3 Å². The highest BCUT2D eigenvalue weighted by Gasteiger charge is 2.19. The summed E-state index contributed by atoms with van der Waals surface area (Å²) in [4.78, 5) is 13.8. The van der Waals surface area contributed by atoms with Crippen LogP contribution in [0.25, 0.3) is 0 Å². The predicted molar refractivity (Wildman–Crippen MR) is 72.6 cm³/mol. The normalized spacial score (nSPS) is 16.7. The molecule has 0 radical (unpaired) electrons. The van der Waals surface area contributed by atoms with Gasteiger partial charge in [0.25, 0.3) is 0 Å². The third-order valence-electron chi connectivity index (χ3n) is 3.10. The molecule has 0 spiro atoms. The first-order valence-corrected chi connectivity index (χ1v) is 7.41. The lowest BCUT2D eigenvalue weighted by Crippen LogP contribution is -2.30. The fourth-order valence-electron chi connectivity index (χ4n) is 2.07. The number of aromatic nitrogens is 2. The van der Waals surface area contributed by atoms with Crippen LogP contribution in [0.3, 0.4) is 0 Å². The molecule has 1 fully saturated rings. The zero-order valence-corrected chi connectivity index (χ0v) is 11.6. The van der Waals surface area contributed by atoms with Crippen molar-refractivity contribution in [3.63, 3.8) is 0 Å². The molecule has 0 unspecified atom stereocenters. The number of carbonyl (C=O) groups is 1. The Bertz CT molecular complexity index is 393. The Morgan fingerprint density at radius 3 is 3.11 bits per heavy atom. The molecular formula is C12H20N4OS. The Morgan fingerprint density at radius 2 is 2.28 bits per heavy atom. The van der Waals surface area contributed by atoms with E-state index in [2.05, 4.69) is 21.8 Å². The Balaban J connectivity index is 1.99. The molecule has 100 valence electrons. The average Bonchev–Trinajstić information content (AvgIpc) is 2.71. The quantitative estimate of drug-likeness (QED) is 0.890. The van der Waals surface area contributed by atoms with Gasteiger partial charge in [-0.3, -0.25) is 4.79 Å². The second-order valence-corrected chi connectivity index (χ2v) is 5.36. The maximum atomic E-state index is 11.9. The van der Waals surface area contributed by atoms with Gasteiger partial charge in [-0.2, -0.15) is 0 Å². The minimum atomic E-state index is 0.252. The number of anilines is 1. The van der Waals surface area contributed by atoms with Crippen molar-refractivity contribution >= 4 is 22.4 Å². The lowest BCUT2D eigenvalue weighted by Gasteiger charge is -2.19. The van der Waals surface area contributed by atoms with Gasteiger partial charge in [0.15, 0.2) is 0 Å². The molecule has 0 aromatic carbocycles. The van der Waals surface area contributed by atoms with Crippen molar-refractivity contribution in [2.45, 2.75) is 45.6 Å². The number of hydrogen-bond donors (Lipinski definition) is 1. The summed E-state index contributed by atoms with van der Waals surface area (Å²) < 4.78 is 3.98. The van der Waals surface area contributed by atoms with Gasteiger partial charge in [0.2, 0.25) is 5.91 Å². The van der Waals surface area contributed by atoms with Gasteiger partial charge in [0.1, 0.15) is 10.7 Å². The van der Waals surface area contributed by atoms with Crippen molar-refractivity contribution in [1.82, 2.24) is 14.5 Å². The average molecular weight is 268 g/mol. The number of rotatable bonds is 5. The molecule has 0 aliphatic carbocycles. The van der Waals surface area contributed by atoms with E-state index in [1.54, 1.807) is 0 Å². The molecule has 0 atom stereocenters. The summed E-state index contributed by atoms with van der Waals surface area (Å²) in [6.45, 7) is 4.50. The Labute approximate surface area is 112 Å². The number of hydrogen-bond acceptors (Lipinski definition) is 5. The van der Waals surface area contributed by atoms with Crippen LogP contribution < -0.4 is 5.32 Å². The third-order valence-corrected chi connectivity index (χ3v) is 3.83. The van der Waals surface area contributed by atoms with E-state index in [9.17, 15) is 4.79 Å². The van der Waals surface area contributed by atoms with Crippen molar-refractivity contribution in [2.75, 3.05) is 18.4 Å². The first kappa shape index (κ1) is 13.3. The lowest BCUT2D eigenvalue weighted by atomic mass is 10.2. The Morgan fingerprint density at radius 1 is 1.39 bits per heavy atom. The van der Waals surface area contributed by atoms with E-state index >= 15 is 0 Å². The van der Waals surface area contributed by atoms with Crippen LogP contribution in [0.1, 0.15) is 44.7 Å². The van der Waals surface area contributed by atoms with Crippen molar-refractivity contribution in [2.24, 2.45) is 0 Å². The van der Waals surface area contributed by atoms with Gasteiger partial charge in [-0.15, -0.1) is 5.10 Å². The highest BCUT2D eigenvalue weighted by atomic mass is 32.1. The molecule has 1 aromatic heterocycles. The lowest BCUT2D eigenvalue weighted by molar-refractivity contribution is -0.131. The smallest absolute Gasteiger partial charge is 0.222 e. The molecule has 1 saturated heterocycles. The standard InChI is InChI=1S/C12H20N4OS/c1-2-7-13-12-10(14-15-18-12)9-16-8-5-3-4-6-11(16)17/h13H,2-9H2,1H3. The van der Waals surface area contributed by atoms with Crippen molar-refractivity contribution in [1.29, 1.82) is 0 Å². The highest BCUT2D eigenvalue weighted by Crippen LogP contribution is 2.21. The minimum absolute atomic E-state index is 0.252. The summed E-state index contributed by atoms with van der Waals surface area (Å²) in [7, 11) is 0. The maximum Gasteiger partial charge on any atom is 0.222 e. The molecule has 18 heavy (non-hydrogen) atoms. The van der Waals surface area contributed by atoms with Gasteiger partial charge in [0.05, 0.1) is 6.54 Å². The number of amides is 1. The topological polar surface area (TPSA) is 58.1 Å². The van der Waals surface area contributed by atoms with E-state index in [0.29, 0.717) is 13.0 Å². The first-order chi connectivity index (χ1) is 8.81. The number of nitrogens with one attached hydrogen (secondary N) is 1. The third kappa shape index (κ3) is 3.41. The summed E-state index contributed by atoms with van der Waals surface area (Å²) in [5, 5.41) is 8.47. The summed E-state index contributed by atoms with van der Waals surface area (Å²) in [6.07, 6.45) is 5.01. The van der Waals surface area contributed by atoms with Crippen LogP contribution in [0.2, 0.25) is 0 Å². The SMILES string of the molecule is CCCNc1snnc1CN1CCCCCC1=O. The molecule has 2 rings (SSSR count). The van der Waals surface area contributed by atoms with Gasteiger partial charge in [-0.25, -0.2) is 0 Å². The summed E-state index contributed by atoms with van der Waals surface area (Å²) in [6, 6.07) is 0. The molecule has 1 amide bonds. The summed E-state index contributed by atoms with van der Waals surface area (Å²) in [5.74, 6) is 0.252. The minimum Gasteiger partial charge on any atom is -0.374 e. The molecule has 1 aromatic rings. The second kappa shape index (κ2) is 6.68. The molecule has 2 heterocycles. The van der Waals surface area contributed by atoms with Crippen LogP contribution >= 0.6 is 11.5 Å². The molecule has 5 nitrogen and oxygen atoms in total. The fourth-order valence-corrected chi connectivity index (χ4v) is 2.67. The first-order valence-electron chi connectivity index (χ1n) is 6.64. The van der Waals surface area contributed by atoms with Crippen LogP contribution in [0, 0.1) is 0 Å². The van der Waals surface area contributed by atoms with E-state index in [0.717, 1.165) is 49.5 Å². The van der Waals surface area contributed by atoms with Gasteiger partial charge < -0.3 is 10.2 Å². The van der Waals surface area contributed by atoms with Crippen LogP contribution in [0.5, 0.6) is 0 Å². The van der Waals surface area contributed by atoms with E-state index < -0.39 is 0 Å². The highest BCUT2D eigenvalue weighted by molar-refractivity contribution is 7.10. The van der Waals surface area contributed by atoms with E-state index in [1.807, 2.05) is 4.90 Å². The zero-order chi connectivity index (χ0) is 12.8. The fraction of sp³-hybridized carbons (Fsp3) is 0.750. The number of carbonyl (C=O) groups excluding carboxylic acids is 1. The largest absolute Gasteiger partial charge is 0.374 e. The Hall–Kier alpha value is -1.17. The monoisotopic (exact) mass is 268 g/mol. The van der Waals surface area contributed by atoms with Gasteiger partial charge >= 0.3 is 0 Å². The van der Waals surface area contributed by atoms with Crippen molar-refractivity contribution in [3.8, 4) is 0 Å². The zero-order valence-electron chi connectivity index (χ0n) is 10.8. The van der Waals surface area contributed by atoms with E-state index in [-0.39, 0.29) is 5.91 Å². The molecule has 0 bridgehead atoms. The second-order valence-electron chi connectivity index (χ2n) is 4.60. The van der Waals surface area contributed by atoms with Gasteiger partial charge in [0, 0.05) is 31.0 Å². The van der Waals surface area contributed by atoms with E-state index in [1.165, 1.54) is 11.5 Å². The van der Waals surface area contributed by atoms with Crippen LogP contribution in [0.4, 0.5) is 5.00 Å².